The molecule has 4 nitrogen and oxygen atoms in total. The fourth-order valence-corrected chi connectivity index (χ4v) is 4.57. The van der Waals surface area contributed by atoms with Gasteiger partial charge in [-0.15, -0.1) is 11.3 Å². The highest BCUT2D eigenvalue weighted by Gasteiger charge is 2.13. The molecule has 4 aromatic rings. The van der Waals surface area contributed by atoms with Crippen molar-refractivity contribution in [2.45, 2.75) is 27.4 Å². The van der Waals surface area contributed by atoms with Gasteiger partial charge < -0.3 is 4.74 Å². The second kappa shape index (κ2) is 7.73. The van der Waals surface area contributed by atoms with E-state index in [1.54, 1.807) is 0 Å². The van der Waals surface area contributed by atoms with Crippen LogP contribution in [0.4, 0.5) is 5.13 Å². The summed E-state index contributed by atoms with van der Waals surface area (Å²) in [7, 11) is 0. The van der Waals surface area contributed by atoms with Gasteiger partial charge in [0.05, 0.1) is 15.1 Å². The molecule has 4 rings (SSSR count). The molecule has 0 unspecified atom stereocenters. The molecule has 0 radical (unpaired) electrons. The molecule has 0 atom stereocenters. The van der Waals surface area contributed by atoms with E-state index in [9.17, 15) is 4.79 Å². The van der Waals surface area contributed by atoms with Gasteiger partial charge in [0.1, 0.15) is 12.4 Å². The highest BCUT2D eigenvalue weighted by molar-refractivity contribution is 7.22. The second-order valence-corrected chi connectivity index (χ2v) is 8.69. The molecule has 0 aliphatic heterocycles. The molecule has 0 saturated heterocycles. The van der Waals surface area contributed by atoms with E-state index in [0.717, 1.165) is 27.1 Å². The number of thiazole rings is 1. The van der Waals surface area contributed by atoms with Crippen LogP contribution in [0.5, 0.6) is 5.75 Å². The lowest BCUT2D eigenvalue weighted by Gasteiger charge is -2.07. The summed E-state index contributed by atoms with van der Waals surface area (Å²) in [4.78, 5) is 17.8. The van der Waals surface area contributed by atoms with E-state index in [4.69, 9.17) is 4.74 Å². The number of nitrogens with zero attached hydrogens (tertiary/aromatic N) is 1. The summed E-state index contributed by atoms with van der Waals surface area (Å²) in [6.45, 7) is 6.61. The number of aromatic nitrogens is 1. The Balaban J connectivity index is 1.42. The van der Waals surface area contributed by atoms with Crippen LogP contribution in [0.25, 0.3) is 10.2 Å². The molecule has 142 valence electrons. The van der Waals surface area contributed by atoms with Crippen molar-refractivity contribution in [3.63, 3.8) is 0 Å². The summed E-state index contributed by atoms with van der Waals surface area (Å²) in [6, 6.07) is 14.0. The van der Waals surface area contributed by atoms with Gasteiger partial charge >= 0.3 is 0 Å². The van der Waals surface area contributed by atoms with Gasteiger partial charge in [0.25, 0.3) is 5.91 Å². The highest BCUT2D eigenvalue weighted by Crippen LogP contribution is 2.29. The largest absolute Gasteiger partial charge is 0.489 e. The third-order valence-corrected chi connectivity index (χ3v) is 6.52. The van der Waals surface area contributed by atoms with Crippen LogP contribution < -0.4 is 10.1 Å². The number of anilines is 1. The van der Waals surface area contributed by atoms with Gasteiger partial charge in [-0.3, -0.25) is 10.1 Å². The number of nitrogens with one attached hydrogen (secondary N) is 1. The number of carbonyl (C=O) groups excluding carboxylic acids is 1. The Labute approximate surface area is 171 Å². The molecule has 1 amide bonds. The van der Waals surface area contributed by atoms with E-state index in [1.807, 2.05) is 48.7 Å². The molecule has 0 bridgehead atoms. The van der Waals surface area contributed by atoms with Gasteiger partial charge in [0.15, 0.2) is 5.13 Å². The molecule has 0 aliphatic carbocycles. The minimum Gasteiger partial charge on any atom is -0.489 e. The number of carbonyl (C=O) groups is 1. The van der Waals surface area contributed by atoms with Crippen LogP contribution >= 0.6 is 22.7 Å². The van der Waals surface area contributed by atoms with E-state index < -0.39 is 0 Å². The van der Waals surface area contributed by atoms with Crippen molar-refractivity contribution in [2.75, 3.05) is 5.32 Å². The lowest BCUT2D eigenvalue weighted by molar-refractivity contribution is 0.103. The van der Waals surface area contributed by atoms with Crippen LogP contribution in [0.1, 0.15) is 31.9 Å². The van der Waals surface area contributed by atoms with Crippen LogP contribution in [0.15, 0.2) is 47.8 Å². The quantitative estimate of drug-likeness (QED) is 0.433. The Kier molecular flexibility index (Phi) is 5.15. The first kappa shape index (κ1) is 18.7. The van der Waals surface area contributed by atoms with Crippen LogP contribution in [0, 0.1) is 20.8 Å². The van der Waals surface area contributed by atoms with Gasteiger partial charge in [0.2, 0.25) is 0 Å². The first-order valence-corrected chi connectivity index (χ1v) is 10.6. The topological polar surface area (TPSA) is 51.2 Å². The van der Waals surface area contributed by atoms with Crippen LogP contribution in [0.2, 0.25) is 0 Å². The van der Waals surface area contributed by atoms with E-state index in [0.29, 0.717) is 16.6 Å². The predicted octanol–water partition coefficient (Wildman–Crippen LogP) is 6.11. The Hall–Kier alpha value is -2.70. The minimum atomic E-state index is -0.140. The molecule has 2 aromatic carbocycles. The van der Waals surface area contributed by atoms with Crippen molar-refractivity contribution in [3.05, 3.63) is 75.0 Å². The number of rotatable bonds is 5. The zero-order valence-electron chi connectivity index (χ0n) is 15.9. The lowest BCUT2D eigenvalue weighted by Crippen LogP contribution is -2.09. The smallest absolute Gasteiger partial charge is 0.267 e. The molecule has 6 heteroatoms. The molecular formula is C22H20N2O2S2. The molecule has 0 fully saturated rings. The summed E-state index contributed by atoms with van der Waals surface area (Å²) in [6.07, 6.45) is 0. The number of para-hydroxylation sites is 1. The zero-order chi connectivity index (χ0) is 19.7. The third kappa shape index (κ3) is 3.93. The molecule has 0 aliphatic rings. The van der Waals surface area contributed by atoms with Crippen LogP contribution in [-0.2, 0) is 6.61 Å². The van der Waals surface area contributed by atoms with Crippen LogP contribution in [0.3, 0.4) is 0 Å². The maximum atomic E-state index is 12.6. The van der Waals surface area contributed by atoms with E-state index in [2.05, 4.69) is 30.2 Å². The fraction of sp³-hybridized carbons (Fsp3) is 0.182. The number of fused-ring (bicyclic) bond motifs is 1. The second-order valence-electron chi connectivity index (χ2n) is 6.75. The van der Waals surface area contributed by atoms with Gasteiger partial charge in [-0.2, -0.15) is 0 Å². The van der Waals surface area contributed by atoms with Crippen LogP contribution in [-0.4, -0.2) is 10.9 Å². The van der Waals surface area contributed by atoms with E-state index in [-0.39, 0.29) is 5.91 Å². The normalized spacial score (nSPS) is 11.0. The third-order valence-electron chi connectivity index (χ3n) is 4.60. The first-order valence-electron chi connectivity index (χ1n) is 8.94. The number of hydrogen-bond donors (Lipinski definition) is 1. The lowest BCUT2D eigenvalue weighted by atomic mass is 10.1. The molecule has 2 heterocycles. The maximum absolute atomic E-state index is 12.6. The highest BCUT2D eigenvalue weighted by atomic mass is 32.1. The summed E-state index contributed by atoms with van der Waals surface area (Å²) in [5.74, 6) is 0.698. The van der Waals surface area contributed by atoms with Crippen molar-refractivity contribution >= 4 is 43.9 Å². The Morgan fingerprint density at radius 3 is 2.71 bits per heavy atom. The van der Waals surface area contributed by atoms with Crippen molar-refractivity contribution < 1.29 is 9.53 Å². The number of benzene rings is 2. The molecular weight excluding hydrogens is 388 g/mol. The summed E-state index contributed by atoms with van der Waals surface area (Å²) < 4.78 is 6.93. The molecule has 0 saturated carbocycles. The summed E-state index contributed by atoms with van der Waals surface area (Å²) in [5, 5.41) is 5.49. The van der Waals surface area contributed by atoms with Crippen molar-refractivity contribution in [1.29, 1.82) is 0 Å². The van der Waals surface area contributed by atoms with Gasteiger partial charge in [-0.1, -0.05) is 29.5 Å². The number of thiophene rings is 1. The predicted molar refractivity (Wildman–Crippen MR) is 117 cm³/mol. The monoisotopic (exact) mass is 408 g/mol. The number of amides is 1. The first-order chi connectivity index (χ1) is 13.5. The van der Waals surface area contributed by atoms with Gasteiger partial charge in [-0.05, 0) is 67.1 Å². The molecule has 28 heavy (non-hydrogen) atoms. The van der Waals surface area contributed by atoms with Crippen molar-refractivity contribution in [2.24, 2.45) is 0 Å². The van der Waals surface area contributed by atoms with Gasteiger partial charge in [0, 0.05) is 5.56 Å². The van der Waals surface area contributed by atoms with E-state index >= 15 is 0 Å². The van der Waals surface area contributed by atoms with Gasteiger partial charge in [-0.25, -0.2) is 4.98 Å². The Morgan fingerprint density at radius 1 is 1.07 bits per heavy atom. The maximum Gasteiger partial charge on any atom is 0.267 e. The number of ether oxygens (including phenoxy) is 1. The minimum absolute atomic E-state index is 0.140. The zero-order valence-corrected chi connectivity index (χ0v) is 17.5. The standard InChI is InChI=1S/C22H20N2O2S2/c1-13-7-8-17(9-15(13)3)26-11-16-10-19(27-12-16)21(25)24-22-23-20-14(2)5-4-6-18(20)28-22/h4-10,12H,11H2,1-3H3,(H,23,24,25). The number of aryl methyl sites for hydroxylation is 3. The Bertz CT molecular complexity index is 1160. The molecule has 0 spiro atoms. The van der Waals surface area contributed by atoms with E-state index in [1.165, 1.54) is 33.8 Å². The average Bonchev–Trinajstić information content (AvgIpc) is 3.30. The van der Waals surface area contributed by atoms with Crippen molar-refractivity contribution in [1.82, 2.24) is 4.98 Å². The number of hydrogen-bond acceptors (Lipinski definition) is 5. The Morgan fingerprint density at radius 2 is 1.93 bits per heavy atom. The summed E-state index contributed by atoms with van der Waals surface area (Å²) >= 11 is 2.90. The van der Waals surface area contributed by atoms with Crippen molar-refractivity contribution in [3.8, 4) is 5.75 Å². The fourth-order valence-electron chi connectivity index (χ4n) is 2.84. The molecule has 2 aromatic heterocycles. The average molecular weight is 409 g/mol. The SMILES string of the molecule is Cc1ccc(OCc2csc(C(=O)Nc3nc4c(C)cccc4s3)c2)cc1C. The molecule has 1 N–H and O–H groups in total. The summed E-state index contributed by atoms with van der Waals surface area (Å²) in [5.41, 5.74) is 5.47.